The molecule has 154 valence electrons. The van der Waals surface area contributed by atoms with E-state index in [2.05, 4.69) is 49.9 Å². The van der Waals surface area contributed by atoms with Gasteiger partial charge in [-0.05, 0) is 93.1 Å². The number of hydrogen-bond donors (Lipinski definition) is 0. The Hall–Kier alpha value is -1.34. The largest absolute Gasteiger partial charge is 0.373 e. The lowest BCUT2D eigenvalue weighted by Crippen LogP contribution is -2.17. The molecule has 1 aromatic rings. The van der Waals surface area contributed by atoms with Crippen molar-refractivity contribution in [1.29, 1.82) is 0 Å². The van der Waals surface area contributed by atoms with Gasteiger partial charge in [-0.25, -0.2) is 0 Å². The molecule has 0 N–H and O–H groups in total. The van der Waals surface area contributed by atoms with Crippen LogP contribution in [0.3, 0.4) is 0 Å². The van der Waals surface area contributed by atoms with E-state index in [0.717, 1.165) is 23.7 Å². The molecule has 2 fully saturated rings. The van der Waals surface area contributed by atoms with Gasteiger partial charge < -0.3 is 4.74 Å². The molecule has 2 aliphatic carbocycles. The van der Waals surface area contributed by atoms with Crippen LogP contribution in [0.2, 0.25) is 0 Å². The second-order valence-corrected chi connectivity index (χ2v) is 9.15. The second-order valence-electron chi connectivity index (χ2n) is 9.15. The van der Waals surface area contributed by atoms with Gasteiger partial charge in [0.1, 0.15) is 0 Å². The van der Waals surface area contributed by atoms with Gasteiger partial charge in [0.05, 0.1) is 13.2 Å². The van der Waals surface area contributed by atoms with Crippen molar-refractivity contribution < 1.29 is 4.74 Å². The summed E-state index contributed by atoms with van der Waals surface area (Å²) in [6.07, 6.45) is 20.9. The Balaban J connectivity index is 1.35. The Morgan fingerprint density at radius 3 is 2.07 bits per heavy atom. The van der Waals surface area contributed by atoms with Crippen molar-refractivity contribution in [2.24, 2.45) is 17.8 Å². The quantitative estimate of drug-likeness (QED) is 0.313. The predicted molar refractivity (Wildman–Crippen MR) is 120 cm³/mol. The van der Waals surface area contributed by atoms with Gasteiger partial charge in [-0.2, -0.15) is 0 Å². The first kappa shape index (κ1) is 21.4. The van der Waals surface area contributed by atoms with E-state index in [1.165, 1.54) is 75.3 Å². The summed E-state index contributed by atoms with van der Waals surface area (Å²) in [7, 11) is 0. The molecule has 2 aliphatic rings. The van der Waals surface area contributed by atoms with Gasteiger partial charge in [-0.3, -0.25) is 0 Å². The van der Waals surface area contributed by atoms with Gasteiger partial charge >= 0.3 is 0 Å². The monoisotopic (exact) mass is 380 g/mol. The minimum atomic E-state index is 0.628. The van der Waals surface area contributed by atoms with Gasteiger partial charge in [0.15, 0.2) is 0 Å². The van der Waals surface area contributed by atoms with E-state index in [9.17, 15) is 0 Å². The van der Waals surface area contributed by atoms with Crippen LogP contribution >= 0.6 is 0 Å². The van der Waals surface area contributed by atoms with E-state index in [1.54, 1.807) is 0 Å². The van der Waals surface area contributed by atoms with E-state index < -0.39 is 0 Å². The Kier molecular flexibility index (Phi) is 8.86. The average molecular weight is 381 g/mol. The molecular weight excluding hydrogens is 340 g/mol. The van der Waals surface area contributed by atoms with Crippen LogP contribution in [0, 0.1) is 17.8 Å². The number of ether oxygens (including phenoxy) is 1. The standard InChI is InChI=1S/C27H40O/c1-3-5-22-6-8-23(9-7-22)10-11-24-12-16-26(17-13-24)27-18-14-25(15-19-27)21-28-20-4-2/h3-5,14-15,18-19,22-24,26H,2,6-13,16-17,20-21H2,1H3. The van der Waals surface area contributed by atoms with Gasteiger partial charge in [-0.15, -0.1) is 6.58 Å². The maximum absolute atomic E-state index is 5.54. The van der Waals surface area contributed by atoms with E-state index in [-0.39, 0.29) is 0 Å². The van der Waals surface area contributed by atoms with Crippen LogP contribution in [0.1, 0.15) is 88.2 Å². The molecule has 28 heavy (non-hydrogen) atoms. The zero-order chi connectivity index (χ0) is 19.6. The van der Waals surface area contributed by atoms with Crippen LogP contribution in [0.4, 0.5) is 0 Å². The molecule has 2 saturated carbocycles. The van der Waals surface area contributed by atoms with Crippen molar-refractivity contribution in [3.05, 3.63) is 60.2 Å². The summed E-state index contributed by atoms with van der Waals surface area (Å²) in [4.78, 5) is 0. The minimum absolute atomic E-state index is 0.628. The molecular formula is C27H40O. The van der Waals surface area contributed by atoms with Gasteiger partial charge in [0.2, 0.25) is 0 Å². The lowest BCUT2D eigenvalue weighted by molar-refractivity contribution is 0.149. The third-order valence-corrected chi connectivity index (χ3v) is 7.14. The van der Waals surface area contributed by atoms with Crippen LogP contribution in [-0.2, 0) is 11.3 Å². The van der Waals surface area contributed by atoms with Crippen molar-refractivity contribution in [3.8, 4) is 0 Å². The average Bonchev–Trinajstić information content (AvgIpc) is 2.75. The Morgan fingerprint density at radius 1 is 0.893 bits per heavy atom. The maximum atomic E-state index is 5.54. The lowest BCUT2D eigenvalue weighted by atomic mass is 9.74. The molecule has 1 nitrogen and oxygen atoms in total. The molecule has 0 aromatic heterocycles. The Morgan fingerprint density at radius 2 is 1.50 bits per heavy atom. The Labute approximate surface area is 173 Å². The summed E-state index contributed by atoms with van der Waals surface area (Å²) in [6, 6.07) is 9.16. The molecule has 1 aromatic carbocycles. The highest BCUT2D eigenvalue weighted by Gasteiger charge is 2.24. The highest BCUT2D eigenvalue weighted by atomic mass is 16.5. The van der Waals surface area contributed by atoms with E-state index in [4.69, 9.17) is 4.74 Å². The smallest absolute Gasteiger partial charge is 0.0721 e. The number of allylic oxidation sites excluding steroid dienone is 2. The van der Waals surface area contributed by atoms with Gasteiger partial charge in [0.25, 0.3) is 0 Å². The van der Waals surface area contributed by atoms with Crippen molar-refractivity contribution in [2.45, 2.75) is 83.7 Å². The van der Waals surface area contributed by atoms with E-state index in [1.807, 2.05) is 6.08 Å². The molecule has 0 bridgehead atoms. The Bertz CT molecular complexity index is 583. The minimum Gasteiger partial charge on any atom is -0.373 e. The second kappa shape index (κ2) is 11.6. The molecule has 0 heterocycles. The fourth-order valence-electron chi connectivity index (χ4n) is 5.34. The molecule has 3 rings (SSSR count). The lowest BCUT2D eigenvalue weighted by Gasteiger charge is -2.31. The van der Waals surface area contributed by atoms with E-state index >= 15 is 0 Å². The first-order valence-corrected chi connectivity index (χ1v) is 11.7. The molecule has 0 atom stereocenters. The van der Waals surface area contributed by atoms with Gasteiger partial charge in [-0.1, -0.05) is 55.3 Å². The molecule has 0 aliphatic heterocycles. The molecule has 0 saturated heterocycles. The summed E-state index contributed by atoms with van der Waals surface area (Å²) < 4.78 is 5.54. The summed E-state index contributed by atoms with van der Waals surface area (Å²) >= 11 is 0. The summed E-state index contributed by atoms with van der Waals surface area (Å²) in [5.41, 5.74) is 2.80. The zero-order valence-corrected chi connectivity index (χ0v) is 18.0. The van der Waals surface area contributed by atoms with Crippen LogP contribution in [-0.4, -0.2) is 6.61 Å². The predicted octanol–water partition coefficient (Wildman–Crippen LogP) is 7.83. The number of hydrogen-bond acceptors (Lipinski definition) is 1. The summed E-state index contributed by atoms with van der Waals surface area (Å²) in [5, 5.41) is 0. The van der Waals surface area contributed by atoms with Crippen molar-refractivity contribution in [3.63, 3.8) is 0 Å². The fraction of sp³-hybridized carbons (Fsp3) is 0.630. The van der Waals surface area contributed by atoms with Crippen molar-refractivity contribution >= 4 is 0 Å². The molecule has 0 unspecified atom stereocenters. The normalized spacial score (nSPS) is 28.5. The zero-order valence-electron chi connectivity index (χ0n) is 18.0. The third kappa shape index (κ3) is 6.62. The first-order chi connectivity index (χ1) is 13.8. The molecule has 0 radical (unpaired) electrons. The van der Waals surface area contributed by atoms with Crippen molar-refractivity contribution in [1.82, 2.24) is 0 Å². The summed E-state index contributed by atoms with van der Waals surface area (Å²) in [6.45, 7) is 7.18. The molecule has 1 heteroatoms. The van der Waals surface area contributed by atoms with Crippen molar-refractivity contribution in [2.75, 3.05) is 6.61 Å². The summed E-state index contributed by atoms with van der Waals surface area (Å²) in [5.74, 6) is 3.64. The third-order valence-electron chi connectivity index (χ3n) is 7.14. The highest BCUT2D eigenvalue weighted by Crippen LogP contribution is 2.40. The number of rotatable bonds is 9. The maximum Gasteiger partial charge on any atom is 0.0721 e. The van der Waals surface area contributed by atoms with Gasteiger partial charge in [0, 0.05) is 0 Å². The van der Waals surface area contributed by atoms with E-state index in [0.29, 0.717) is 13.2 Å². The fourth-order valence-corrected chi connectivity index (χ4v) is 5.34. The molecule has 0 spiro atoms. The number of benzene rings is 1. The molecule has 0 amide bonds. The van der Waals surface area contributed by atoms with Crippen LogP contribution < -0.4 is 0 Å². The van der Waals surface area contributed by atoms with Crippen LogP contribution in [0.15, 0.2) is 49.1 Å². The van der Waals surface area contributed by atoms with Crippen LogP contribution in [0.5, 0.6) is 0 Å². The highest BCUT2D eigenvalue weighted by molar-refractivity contribution is 5.25. The SMILES string of the molecule is C=CCOCc1ccc(C2CCC(CCC3CCC(C=CC)CC3)CC2)cc1. The first-order valence-electron chi connectivity index (χ1n) is 11.7. The van der Waals surface area contributed by atoms with Crippen LogP contribution in [0.25, 0.3) is 0 Å². The topological polar surface area (TPSA) is 9.23 Å².